The number of hydrogen-bond acceptors (Lipinski definition) is 3. The van der Waals surface area contributed by atoms with Crippen molar-refractivity contribution in [2.75, 3.05) is 0 Å². The van der Waals surface area contributed by atoms with Crippen molar-refractivity contribution < 1.29 is 0 Å². The quantitative estimate of drug-likeness (QED) is 0.560. The van der Waals surface area contributed by atoms with Crippen LogP contribution in [0.1, 0.15) is 48.2 Å². The van der Waals surface area contributed by atoms with E-state index in [0.29, 0.717) is 0 Å². The lowest BCUT2D eigenvalue weighted by Crippen LogP contribution is -2.00. The van der Waals surface area contributed by atoms with Crippen molar-refractivity contribution in [1.29, 1.82) is 0 Å². The Morgan fingerprint density at radius 2 is 1.08 bits per heavy atom. The molecule has 3 heterocycles. The molecule has 0 aromatic carbocycles. The van der Waals surface area contributed by atoms with Crippen molar-refractivity contribution >= 4 is 0 Å². The molecule has 0 saturated carbocycles. The van der Waals surface area contributed by atoms with Gasteiger partial charge in [-0.15, -0.1) is 0 Å². The second-order valence-electron chi connectivity index (χ2n) is 6.62. The van der Waals surface area contributed by atoms with Gasteiger partial charge in [0.25, 0.3) is 0 Å². The summed E-state index contributed by atoms with van der Waals surface area (Å²) in [6, 6.07) is 18.8. The maximum absolute atomic E-state index is 4.83. The third kappa shape index (κ3) is 5.76. The van der Waals surface area contributed by atoms with Crippen molar-refractivity contribution in [2.24, 2.45) is 0 Å². The first-order valence-corrected chi connectivity index (χ1v) is 9.63. The highest BCUT2D eigenvalue weighted by Gasteiger charge is 2.02. The van der Waals surface area contributed by atoms with Gasteiger partial charge in [0.15, 0.2) is 0 Å². The van der Waals surface area contributed by atoms with Crippen molar-refractivity contribution in [3.63, 3.8) is 0 Å². The first kappa shape index (κ1) is 18.2. The van der Waals surface area contributed by atoms with Crippen LogP contribution in [0.5, 0.6) is 0 Å². The van der Waals surface area contributed by atoms with Crippen LogP contribution in [0.4, 0.5) is 0 Å². The standard InChI is InChI=1S/C23H27N3/c1-2-19-10-5-12-21(25-19)14-7-15-23-17-8-16-22(26-23)13-6-11-20-9-3-4-18-24-20/h3-5,8-10,12,16-18H,2,6-7,11,13-15H2,1H3. The van der Waals surface area contributed by atoms with Gasteiger partial charge in [-0.05, 0) is 81.3 Å². The first-order chi connectivity index (χ1) is 12.8. The Bertz CT molecular complexity index is 799. The molecule has 0 fully saturated rings. The van der Waals surface area contributed by atoms with Crippen molar-refractivity contribution in [3.05, 3.63) is 89.3 Å². The highest BCUT2D eigenvalue weighted by molar-refractivity contribution is 5.14. The van der Waals surface area contributed by atoms with E-state index in [1.807, 2.05) is 18.3 Å². The fraction of sp³-hybridized carbons (Fsp3) is 0.348. The Balaban J connectivity index is 1.46. The van der Waals surface area contributed by atoms with Crippen LogP contribution < -0.4 is 0 Å². The normalized spacial score (nSPS) is 10.8. The third-order valence-electron chi connectivity index (χ3n) is 4.55. The van der Waals surface area contributed by atoms with Crippen LogP contribution >= 0.6 is 0 Å². The van der Waals surface area contributed by atoms with E-state index in [1.54, 1.807) is 0 Å². The molecule has 0 aliphatic heterocycles. The van der Waals surface area contributed by atoms with E-state index in [2.05, 4.69) is 59.4 Å². The predicted octanol–water partition coefficient (Wildman–Crippen LogP) is 4.78. The molecule has 0 radical (unpaired) electrons. The predicted molar refractivity (Wildman–Crippen MR) is 106 cm³/mol. The van der Waals surface area contributed by atoms with Gasteiger partial charge in [-0.2, -0.15) is 0 Å². The average molecular weight is 345 g/mol. The molecule has 3 aromatic heterocycles. The lowest BCUT2D eigenvalue weighted by atomic mass is 10.1. The lowest BCUT2D eigenvalue weighted by molar-refractivity contribution is 0.749. The largest absolute Gasteiger partial charge is 0.261 e. The molecule has 0 N–H and O–H groups in total. The van der Waals surface area contributed by atoms with Gasteiger partial charge in [0.05, 0.1) is 0 Å². The summed E-state index contributed by atoms with van der Waals surface area (Å²) in [5.41, 5.74) is 5.90. The first-order valence-electron chi connectivity index (χ1n) is 9.63. The average Bonchev–Trinajstić information content (AvgIpc) is 2.69. The zero-order valence-corrected chi connectivity index (χ0v) is 15.6. The van der Waals surface area contributed by atoms with Crippen molar-refractivity contribution in [1.82, 2.24) is 15.0 Å². The summed E-state index contributed by atoms with van der Waals surface area (Å²) >= 11 is 0. The van der Waals surface area contributed by atoms with E-state index in [1.165, 1.54) is 22.8 Å². The zero-order valence-electron chi connectivity index (χ0n) is 15.6. The van der Waals surface area contributed by atoms with Crippen LogP contribution in [-0.4, -0.2) is 15.0 Å². The van der Waals surface area contributed by atoms with Gasteiger partial charge in [-0.25, -0.2) is 0 Å². The van der Waals surface area contributed by atoms with Crippen LogP contribution in [-0.2, 0) is 32.1 Å². The monoisotopic (exact) mass is 345 g/mol. The molecule has 3 heteroatoms. The van der Waals surface area contributed by atoms with Crippen LogP contribution in [0.3, 0.4) is 0 Å². The molecule has 134 valence electrons. The third-order valence-corrected chi connectivity index (χ3v) is 4.55. The number of aryl methyl sites for hydroxylation is 5. The molecule has 0 aliphatic carbocycles. The molecule has 0 atom stereocenters. The summed E-state index contributed by atoms with van der Waals surface area (Å²) in [4.78, 5) is 13.9. The Labute approximate surface area is 156 Å². The topological polar surface area (TPSA) is 38.7 Å². The Morgan fingerprint density at radius 3 is 1.62 bits per heavy atom. The van der Waals surface area contributed by atoms with Gasteiger partial charge in [0.2, 0.25) is 0 Å². The van der Waals surface area contributed by atoms with Crippen LogP contribution in [0.15, 0.2) is 60.8 Å². The minimum absolute atomic E-state index is 0.996. The summed E-state index contributed by atoms with van der Waals surface area (Å²) in [7, 11) is 0. The molecule has 26 heavy (non-hydrogen) atoms. The summed E-state index contributed by atoms with van der Waals surface area (Å²) < 4.78 is 0. The molecule has 3 aromatic rings. The van der Waals surface area contributed by atoms with E-state index >= 15 is 0 Å². The SMILES string of the molecule is CCc1cccc(CCCc2cccc(CCCc3ccccn3)n2)n1. The smallest absolute Gasteiger partial charge is 0.0407 e. The highest BCUT2D eigenvalue weighted by atomic mass is 14.7. The molecule has 3 rings (SSSR count). The van der Waals surface area contributed by atoms with Crippen LogP contribution in [0.25, 0.3) is 0 Å². The van der Waals surface area contributed by atoms with Crippen molar-refractivity contribution in [3.8, 4) is 0 Å². The molecule has 0 unspecified atom stereocenters. The van der Waals surface area contributed by atoms with Gasteiger partial charge in [0, 0.05) is 34.7 Å². The summed E-state index contributed by atoms with van der Waals surface area (Å²) in [6.45, 7) is 2.15. The molecule has 0 saturated heterocycles. The van der Waals surface area contributed by atoms with Gasteiger partial charge in [0.1, 0.15) is 0 Å². The lowest BCUT2D eigenvalue weighted by Gasteiger charge is -2.06. The Morgan fingerprint density at radius 1 is 0.577 bits per heavy atom. The Hall–Kier alpha value is -2.55. The van der Waals surface area contributed by atoms with E-state index in [0.717, 1.165) is 50.6 Å². The number of pyridine rings is 3. The second kappa shape index (κ2) is 9.81. The van der Waals surface area contributed by atoms with Crippen LogP contribution in [0, 0.1) is 0 Å². The van der Waals surface area contributed by atoms with E-state index < -0.39 is 0 Å². The van der Waals surface area contributed by atoms with E-state index in [4.69, 9.17) is 4.98 Å². The zero-order chi connectivity index (χ0) is 18.0. The molecular formula is C23H27N3. The number of aromatic nitrogens is 3. The van der Waals surface area contributed by atoms with E-state index in [-0.39, 0.29) is 0 Å². The fourth-order valence-electron chi connectivity index (χ4n) is 3.12. The molecule has 0 aliphatic rings. The summed E-state index contributed by atoms with van der Waals surface area (Å²) in [5.74, 6) is 0. The minimum atomic E-state index is 0.996. The molecular weight excluding hydrogens is 318 g/mol. The highest BCUT2D eigenvalue weighted by Crippen LogP contribution is 2.10. The molecule has 0 spiro atoms. The fourth-order valence-corrected chi connectivity index (χ4v) is 3.12. The Kier molecular flexibility index (Phi) is 6.88. The summed E-state index contributed by atoms with van der Waals surface area (Å²) in [6.07, 6.45) is 9.06. The second-order valence-corrected chi connectivity index (χ2v) is 6.62. The number of hydrogen-bond donors (Lipinski definition) is 0. The van der Waals surface area contributed by atoms with Gasteiger partial charge in [-0.3, -0.25) is 15.0 Å². The number of nitrogens with zero attached hydrogens (tertiary/aromatic N) is 3. The van der Waals surface area contributed by atoms with Gasteiger partial charge < -0.3 is 0 Å². The summed E-state index contributed by atoms with van der Waals surface area (Å²) in [5, 5.41) is 0. The molecule has 0 amide bonds. The minimum Gasteiger partial charge on any atom is -0.261 e. The maximum atomic E-state index is 4.83. The van der Waals surface area contributed by atoms with Crippen LogP contribution in [0.2, 0.25) is 0 Å². The maximum Gasteiger partial charge on any atom is 0.0407 e. The number of rotatable bonds is 9. The molecule has 0 bridgehead atoms. The van der Waals surface area contributed by atoms with E-state index in [9.17, 15) is 0 Å². The van der Waals surface area contributed by atoms with Crippen molar-refractivity contribution in [2.45, 2.75) is 51.9 Å². The van der Waals surface area contributed by atoms with Gasteiger partial charge in [-0.1, -0.05) is 25.1 Å². The van der Waals surface area contributed by atoms with Gasteiger partial charge >= 0.3 is 0 Å². The molecule has 3 nitrogen and oxygen atoms in total.